The second-order valence-electron chi connectivity index (χ2n) is 8.61. The van der Waals surface area contributed by atoms with Crippen molar-refractivity contribution in [2.75, 3.05) is 46.4 Å². The lowest BCUT2D eigenvalue weighted by Crippen LogP contribution is -2.61. The maximum atomic E-state index is 13.1. The van der Waals surface area contributed by atoms with Gasteiger partial charge in [-0.15, -0.1) is 0 Å². The van der Waals surface area contributed by atoms with Gasteiger partial charge in [0.2, 0.25) is 11.8 Å². The van der Waals surface area contributed by atoms with Gasteiger partial charge >= 0.3 is 6.03 Å². The average Bonchev–Trinajstić information content (AvgIpc) is 3.04. The molecule has 0 radical (unpaired) electrons. The van der Waals surface area contributed by atoms with Crippen LogP contribution in [0.15, 0.2) is 24.5 Å². The Labute approximate surface area is 183 Å². The third-order valence-corrected chi connectivity index (χ3v) is 5.73. The third kappa shape index (κ3) is 5.72. The van der Waals surface area contributed by atoms with Crippen LogP contribution in [0.1, 0.15) is 25.8 Å². The van der Waals surface area contributed by atoms with E-state index in [4.69, 9.17) is 4.74 Å². The first-order valence-electron chi connectivity index (χ1n) is 10.9. The van der Waals surface area contributed by atoms with Crippen LogP contribution in [0.4, 0.5) is 4.79 Å². The molecular formula is C22H33N5O4. The number of amides is 4. The highest BCUT2D eigenvalue weighted by Gasteiger charge is 2.49. The monoisotopic (exact) mass is 431 g/mol. The van der Waals surface area contributed by atoms with Gasteiger partial charge in [-0.2, -0.15) is 0 Å². The molecule has 31 heavy (non-hydrogen) atoms. The summed E-state index contributed by atoms with van der Waals surface area (Å²) in [6.07, 6.45) is 4.77. The van der Waals surface area contributed by atoms with Gasteiger partial charge in [0.15, 0.2) is 0 Å². The molecule has 9 heteroatoms. The van der Waals surface area contributed by atoms with Gasteiger partial charge in [-0.1, -0.05) is 19.9 Å². The van der Waals surface area contributed by atoms with Crippen LogP contribution < -0.4 is 5.32 Å². The van der Waals surface area contributed by atoms with Gasteiger partial charge in [0.1, 0.15) is 12.6 Å². The first kappa shape index (κ1) is 23.0. The number of carbonyl (C=O) groups excluding carboxylic acids is 3. The van der Waals surface area contributed by atoms with E-state index in [-0.39, 0.29) is 36.3 Å². The fraction of sp³-hybridized carbons (Fsp3) is 0.636. The molecule has 0 saturated carbocycles. The number of nitrogens with one attached hydrogen (secondary N) is 1. The van der Waals surface area contributed by atoms with Crippen molar-refractivity contribution >= 4 is 17.8 Å². The van der Waals surface area contributed by atoms with E-state index < -0.39 is 6.04 Å². The first-order valence-corrected chi connectivity index (χ1v) is 10.9. The molecule has 0 aliphatic carbocycles. The van der Waals surface area contributed by atoms with E-state index >= 15 is 0 Å². The van der Waals surface area contributed by atoms with Crippen LogP contribution in [-0.2, 0) is 20.7 Å². The van der Waals surface area contributed by atoms with E-state index in [1.807, 2.05) is 26.0 Å². The number of piperazine rings is 1. The zero-order chi connectivity index (χ0) is 22.4. The molecule has 1 N–H and O–H groups in total. The summed E-state index contributed by atoms with van der Waals surface area (Å²) in [6, 6.07) is 3.01. The third-order valence-electron chi connectivity index (χ3n) is 5.73. The second-order valence-corrected chi connectivity index (χ2v) is 8.61. The number of hydrogen-bond acceptors (Lipinski definition) is 5. The molecule has 2 saturated heterocycles. The average molecular weight is 432 g/mol. The Bertz CT molecular complexity index is 772. The minimum absolute atomic E-state index is 0.000463. The van der Waals surface area contributed by atoms with Crippen LogP contribution in [0, 0.1) is 5.92 Å². The maximum absolute atomic E-state index is 13.1. The van der Waals surface area contributed by atoms with Gasteiger partial charge in [-0.3, -0.25) is 14.6 Å². The second kappa shape index (κ2) is 10.6. The summed E-state index contributed by atoms with van der Waals surface area (Å²) < 4.78 is 5.14. The number of methoxy groups -OCH3 is 1. The van der Waals surface area contributed by atoms with Crippen molar-refractivity contribution in [3.8, 4) is 0 Å². The highest BCUT2D eigenvalue weighted by atomic mass is 16.5. The predicted molar refractivity (Wildman–Crippen MR) is 115 cm³/mol. The van der Waals surface area contributed by atoms with E-state index in [9.17, 15) is 14.4 Å². The van der Waals surface area contributed by atoms with Gasteiger partial charge in [0.05, 0.1) is 12.6 Å². The van der Waals surface area contributed by atoms with Crippen LogP contribution in [0.5, 0.6) is 0 Å². The Morgan fingerprint density at radius 1 is 1.29 bits per heavy atom. The minimum Gasteiger partial charge on any atom is -0.383 e. The lowest BCUT2D eigenvalue weighted by Gasteiger charge is -2.42. The maximum Gasteiger partial charge on any atom is 0.321 e. The number of fused-ring (bicyclic) bond motifs is 1. The quantitative estimate of drug-likeness (QED) is 0.590. The van der Waals surface area contributed by atoms with Crippen molar-refractivity contribution in [2.24, 2.45) is 5.92 Å². The summed E-state index contributed by atoms with van der Waals surface area (Å²) >= 11 is 0. The Kier molecular flexibility index (Phi) is 7.84. The highest BCUT2D eigenvalue weighted by Crippen LogP contribution is 2.28. The molecule has 0 bridgehead atoms. The number of nitrogens with zero attached hydrogens (tertiary/aromatic N) is 4. The number of aromatic nitrogens is 1. The summed E-state index contributed by atoms with van der Waals surface area (Å²) in [5, 5.41) is 2.88. The molecule has 170 valence electrons. The van der Waals surface area contributed by atoms with Crippen LogP contribution in [0.25, 0.3) is 0 Å². The smallest absolute Gasteiger partial charge is 0.321 e. The molecule has 2 aliphatic heterocycles. The van der Waals surface area contributed by atoms with E-state index in [2.05, 4.69) is 10.3 Å². The largest absolute Gasteiger partial charge is 0.383 e. The first-order chi connectivity index (χ1) is 14.9. The Hall–Kier alpha value is -2.68. The minimum atomic E-state index is -0.484. The van der Waals surface area contributed by atoms with Crippen molar-refractivity contribution in [2.45, 2.75) is 38.8 Å². The Balaban J connectivity index is 1.59. The molecule has 1 aromatic rings. The number of hydrogen-bond donors (Lipinski definition) is 1. The summed E-state index contributed by atoms with van der Waals surface area (Å²) in [4.78, 5) is 47.7. The van der Waals surface area contributed by atoms with Gasteiger partial charge in [0.25, 0.3) is 0 Å². The van der Waals surface area contributed by atoms with Crippen LogP contribution in [-0.4, -0.2) is 96.1 Å². The lowest BCUT2D eigenvalue weighted by atomic mass is 9.97. The van der Waals surface area contributed by atoms with Crippen LogP contribution in [0.3, 0.4) is 0 Å². The Morgan fingerprint density at radius 2 is 2.06 bits per heavy atom. The number of ether oxygens (including phenoxy) is 1. The molecule has 2 aliphatic rings. The number of pyridine rings is 1. The van der Waals surface area contributed by atoms with Crippen LogP contribution in [0.2, 0.25) is 0 Å². The van der Waals surface area contributed by atoms with Gasteiger partial charge in [-0.05, 0) is 30.4 Å². The van der Waals surface area contributed by atoms with Gasteiger partial charge in [0, 0.05) is 45.7 Å². The number of urea groups is 1. The fourth-order valence-corrected chi connectivity index (χ4v) is 4.27. The molecule has 2 fully saturated rings. The lowest BCUT2D eigenvalue weighted by molar-refractivity contribution is -0.143. The van der Waals surface area contributed by atoms with Crippen molar-refractivity contribution < 1.29 is 19.1 Å². The standard InChI is InChI=1S/C22H33N5O4/c1-16(2)11-19-21(29)25(9-10-31-3)13-18-14-26(22(30)27(18)19)15-20(28)24-8-6-17-5-4-7-23-12-17/h4-5,7,12,16,18-19H,6,8-11,13-15H2,1-3H3,(H,24,28)/t18-,19+/m1/s1. The molecule has 3 heterocycles. The molecule has 0 aromatic carbocycles. The summed E-state index contributed by atoms with van der Waals surface area (Å²) in [5.41, 5.74) is 1.04. The Morgan fingerprint density at radius 3 is 2.74 bits per heavy atom. The van der Waals surface area contributed by atoms with Crippen LogP contribution >= 0.6 is 0 Å². The van der Waals surface area contributed by atoms with Gasteiger partial charge < -0.3 is 24.8 Å². The van der Waals surface area contributed by atoms with Crippen molar-refractivity contribution in [3.05, 3.63) is 30.1 Å². The molecule has 1 aromatic heterocycles. The van der Waals surface area contributed by atoms with Crippen molar-refractivity contribution in [3.63, 3.8) is 0 Å². The summed E-state index contributed by atoms with van der Waals surface area (Å²) in [5.74, 6) is 0.0489. The van der Waals surface area contributed by atoms with E-state index in [1.165, 1.54) is 0 Å². The molecule has 9 nitrogen and oxygen atoms in total. The molecule has 0 unspecified atom stereocenters. The molecule has 3 rings (SSSR count). The fourth-order valence-electron chi connectivity index (χ4n) is 4.27. The molecule has 2 atom stereocenters. The normalized spacial score (nSPS) is 21.1. The molecular weight excluding hydrogens is 398 g/mol. The molecule has 0 spiro atoms. The summed E-state index contributed by atoms with van der Waals surface area (Å²) in [7, 11) is 1.61. The van der Waals surface area contributed by atoms with Gasteiger partial charge in [-0.25, -0.2) is 4.79 Å². The zero-order valence-corrected chi connectivity index (χ0v) is 18.6. The van der Waals surface area contributed by atoms with Crippen molar-refractivity contribution in [1.82, 2.24) is 25.0 Å². The number of rotatable bonds is 10. The summed E-state index contributed by atoms with van der Waals surface area (Å²) in [6.45, 7) is 6.47. The zero-order valence-electron chi connectivity index (χ0n) is 18.6. The SMILES string of the molecule is COCCN1C[C@@H]2CN(CC(=O)NCCc3cccnc3)C(=O)N2[C@@H](CC(C)C)C1=O. The van der Waals surface area contributed by atoms with E-state index in [0.717, 1.165) is 5.56 Å². The molecule has 4 amide bonds. The van der Waals surface area contributed by atoms with E-state index in [0.29, 0.717) is 45.6 Å². The highest BCUT2D eigenvalue weighted by molar-refractivity contribution is 5.91. The van der Waals surface area contributed by atoms with E-state index in [1.54, 1.807) is 34.2 Å². The number of carbonyl (C=O) groups is 3. The topological polar surface area (TPSA) is 95.1 Å². The van der Waals surface area contributed by atoms with Crippen molar-refractivity contribution in [1.29, 1.82) is 0 Å². The predicted octanol–water partition coefficient (Wildman–Crippen LogP) is 0.750.